The topological polar surface area (TPSA) is 49.3 Å². The van der Waals surface area contributed by atoms with E-state index in [0.29, 0.717) is 5.69 Å². The maximum atomic E-state index is 12.9. The Bertz CT molecular complexity index is 649. The Morgan fingerprint density at radius 1 is 1.26 bits per heavy atom. The molecule has 0 fully saturated rings. The standard InChI is InChI=1S/C13H8BrFINO2/c14-10-4-2-8(16)6-11(10)17-13(19)9-3-1-7(15)5-12(9)18/h1-6,18H,(H,17,19). The van der Waals surface area contributed by atoms with Crippen LogP contribution in [0.3, 0.4) is 0 Å². The van der Waals surface area contributed by atoms with Crippen LogP contribution < -0.4 is 5.32 Å². The Hall–Kier alpha value is -1.15. The molecule has 6 heteroatoms. The lowest BCUT2D eigenvalue weighted by molar-refractivity contribution is 0.102. The highest BCUT2D eigenvalue weighted by Crippen LogP contribution is 2.26. The number of rotatable bonds is 2. The predicted octanol–water partition coefficient (Wildman–Crippen LogP) is 4.15. The third-order valence-corrected chi connectivity index (χ3v) is 3.74. The van der Waals surface area contributed by atoms with Crippen molar-refractivity contribution in [3.05, 3.63) is 55.8 Å². The zero-order valence-electron chi connectivity index (χ0n) is 9.45. The van der Waals surface area contributed by atoms with Gasteiger partial charge in [-0.15, -0.1) is 0 Å². The van der Waals surface area contributed by atoms with E-state index in [1.54, 1.807) is 6.07 Å². The molecule has 2 rings (SSSR count). The van der Waals surface area contributed by atoms with Crippen molar-refractivity contribution in [3.63, 3.8) is 0 Å². The van der Waals surface area contributed by atoms with Gasteiger partial charge in [0.1, 0.15) is 11.6 Å². The highest BCUT2D eigenvalue weighted by molar-refractivity contribution is 14.1. The fraction of sp³-hybridized carbons (Fsp3) is 0. The van der Waals surface area contributed by atoms with Crippen LogP contribution in [0.1, 0.15) is 10.4 Å². The van der Waals surface area contributed by atoms with Crippen LogP contribution in [0.25, 0.3) is 0 Å². The summed E-state index contributed by atoms with van der Waals surface area (Å²) >= 11 is 5.44. The molecule has 1 amide bonds. The fourth-order valence-corrected chi connectivity index (χ4v) is 2.32. The lowest BCUT2D eigenvalue weighted by Crippen LogP contribution is -2.12. The average Bonchev–Trinajstić information content (AvgIpc) is 2.33. The largest absolute Gasteiger partial charge is 0.507 e. The van der Waals surface area contributed by atoms with E-state index in [0.717, 1.165) is 20.2 Å². The van der Waals surface area contributed by atoms with Gasteiger partial charge in [-0.05, 0) is 68.9 Å². The van der Waals surface area contributed by atoms with Gasteiger partial charge in [0, 0.05) is 14.1 Å². The van der Waals surface area contributed by atoms with Crippen LogP contribution in [-0.4, -0.2) is 11.0 Å². The first-order chi connectivity index (χ1) is 8.97. The number of carbonyl (C=O) groups is 1. The molecule has 2 aromatic rings. The summed E-state index contributed by atoms with van der Waals surface area (Å²) < 4.78 is 14.5. The molecule has 19 heavy (non-hydrogen) atoms. The molecule has 0 spiro atoms. The van der Waals surface area contributed by atoms with Crippen molar-refractivity contribution < 1.29 is 14.3 Å². The summed E-state index contributed by atoms with van der Waals surface area (Å²) in [5, 5.41) is 12.2. The Morgan fingerprint density at radius 2 is 2.00 bits per heavy atom. The maximum Gasteiger partial charge on any atom is 0.259 e. The number of carbonyl (C=O) groups excluding carboxylic acids is 1. The molecule has 0 aliphatic heterocycles. The number of hydrogen-bond donors (Lipinski definition) is 2. The number of halogens is 3. The minimum Gasteiger partial charge on any atom is -0.507 e. The molecular formula is C13H8BrFINO2. The van der Waals surface area contributed by atoms with Crippen LogP contribution in [0.4, 0.5) is 10.1 Å². The number of aromatic hydroxyl groups is 1. The first-order valence-electron chi connectivity index (χ1n) is 5.22. The first-order valence-corrected chi connectivity index (χ1v) is 7.09. The second kappa shape index (κ2) is 5.87. The molecule has 0 saturated carbocycles. The van der Waals surface area contributed by atoms with E-state index >= 15 is 0 Å². The summed E-state index contributed by atoms with van der Waals surface area (Å²) in [6.07, 6.45) is 0. The van der Waals surface area contributed by atoms with Gasteiger partial charge in [-0.2, -0.15) is 0 Å². The zero-order chi connectivity index (χ0) is 14.0. The van der Waals surface area contributed by atoms with Gasteiger partial charge in [0.2, 0.25) is 0 Å². The third-order valence-electron chi connectivity index (χ3n) is 2.38. The Morgan fingerprint density at radius 3 is 2.68 bits per heavy atom. The molecule has 3 nitrogen and oxygen atoms in total. The highest BCUT2D eigenvalue weighted by atomic mass is 127. The number of nitrogens with one attached hydrogen (secondary N) is 1. The van der Waals surface area contributed by atoms with E-state index < -0.39 is 11.7 Å². The van der Waals surface area contributed by atoms with Crippen LogP contribution in [0.5, 0.6) is 5.75 Å². The smallest absolute Gasteiger partial charge is 0.259 e. The van der Waals surface area contributed by atoms with E-state index in [4.69, 9.17) is 0 Å². The van der Waals surface area contributed by atoms with Crippen molar-refractivity contribution in [1.82, 2.24) is 0 Å². The molecule has 0 heterocycles. The number of amides is 1. The van der Waals surface area contributed by atoms with E-state index in [2.05, 4.69) is 43.8 Å². The van der Waals surface area contributed by atoms with Crippen LogP contribution in [0, 0.1) is 9.39 Å². The monoisotopic (exact) mass is 435 g/mol. The lowest BCUT2D eigenvalue weighted by atomic mass is 10.2. The van der Waals surface area contributed by atoms with Crippen LogP contribution in [0.15, 0.2) is 40.9 Å². The summed E-state index contributed by atoms with van der Waals surface area (Å²) in [7, 11) is 0. The summed E-state index contributed by atoms with van der Waals surface area (Å²) in [5.74, 6) is -1.48. The van der Waals surface area contributed by atoms with Gasteiger partial charge in [0.15, 0.2) is 0 Å². The van der Waals surface area contributed by atoms with E-state index in [-0.39, 0.29) is 11.3 Å². The van der Waals surface area contributed by atoms with Gasteiger partial charge in [0.25, 0.3) is 5.91 Å². The van der Waals surface area contributed by atoms with E-state index in [1.165, 1.54) is 6.07 Å². The molecule has 2 N–H and O–H groups in total. The second-order valence-corrected chi connectivity index (χ2v) is 5.84. The quantitative estimate of drug-likeness (QED) is 0.696. The zero-order valence-corrected chi connectivity index (χ0v) is 13.2. The van der Waals surface area contributed by atoms with E-state index in [9.17, 15) is 14.3 Å². The normalized spacial score (nSPS) is 10.3. The molecule has 0 aliphatic rings. The number of anilines is 1. The number of phenolic OH excluding ortho intramolecular Hbond substituents is 1. The second-order valence-electron chi connectivity index (χ2n) is 3.74. The minimum atomic E-state index is -0.593. The SMILES string of the molecule is O=C(Nc1cc(I)ccc1Br)c1ccc(F)cc1O. The van der Waals surface area contributed by atoms with Crippen LogP contribution >= 0.6 is 38.5 Å². The van der Waals surface area contributed by atoms with Gasteiger partial charge in [0.05, 0.1) is 11.3 Å². The van der Waals surface area contributed by atoms with Crippen molar-refractivity contribution in [3.8, 4) is 5.75 Å². The predicted molar refractivity (Wildman–Crippen MR) is 82.9 cm³/mol. The molecule has 0 radical (unpaired) electrons. The van der Waals surface area contributed by atoms with Gasteiger partial charge < -0.3 is 10.4 Å². The molecule has 0 unspecified atom stereocenters. The van der Waals surface area contributed by atoms with Gasteiger partial charge in [-0.3, -0.25) is 4.79 Å². The molecule has 0 atom stereocenters. The minimum absolute atomic E-state index is 0.0205. The van der Waals surface area contributed by atoms with Gasteiger partial charge >= 0.3 is 0 Å². The third kappa shape index (κ3) is 3.44. The Labute approximate surface area is 131 Å². The lowest BCUT2D eigenvalue weighted by Gasteiger charge is -2.09. The van der Waals surface area contributed by atoms with E-state index in [1.807, 2.05) is 12.1 Å². The average molecular weight is 436 g/mol. The summed E-state index contributed by atoms with van der Waals surface area (Å²) in [6, 6.07) is 8.74. The van der Waals surface area contributed by atoms with Gasteiger partial charge in [-0.1, -0.05) is 0 Å². The van der Waals surface area contributed by atoms with Crippen LogP contribution in [0.2, 0.25) is 0 Å². The van der Waals surface area contributed by atoms with Gasteiger partial charge in [-0.25, -0.2) is 4.39 Å². The number of hydrogen-bond acceptors (Lipinski definition) is 2. The maximum absolute atomic E-state index is 12.9. The van der Waals surface area contributed by atoms with Crippen molar-refractivity contribution in [2.75, 3.05) is 5.32 Å². The Kier molecular flexibility index (Phi) is 4.41. The summed E-state index contributed by atoms with van der Waals surface area (Å²) in [4.78, 5) is 12.0. The van der Waals surface area contributed by atoms with Crippen LogP contribution in [-0.2, 0) is 0 Å². The number of benzene rings is 2. The molecule has 0 bridgehead atoms. The molecule has 98 valence electrons. The summed E-state index contributed by atoms with van der Waals surface area (Å²) in [5.41, 5.74) is 0.604. The van der Waals surface area contributed by atoms with Crippen molar-refractivity contribution in [2.45, 2.75) is 0 Å². The van der Waals surface area contributed by atoms with Crippen molar-refractivity contribution >= 4 is 50.1 Å². The molecule has 0 aliphatic carbocycles. The molecule has 0 saturated heterocycles. The molecule has 2 aromatic carbocycles. The Balaban J connectivity index is 2.28. The van der Waals surface area contributed by atoms with Crippen molar-refractivity contribution in [2.24, 2.45) is 0 Å². The highest BCUT2D eigenvalue weighted by Gasteiger charge is 2.13. The van der Waals surface area contributed by atoms with Crippen molar-refractivity contribution in [1.29, 1.82) is 0 Å². The molecule has 0 aromatic heterocycles. The fourth-order valence-electron chi connectivity index (χ4n) is 1.48. The summed E-state index contributed by atoms with van der Waals surface area (Å²) in [6.45, 7) is 0. The molecular weight excluding hydrogens is 428 g/mol. The first kappa shape index (κ1) is 14.3. The number of phenols is 1.